The van der Waals surface area contributed by atoms with E-state index in [0.29, 0.717) is 0 Å². The summed E-state index contributed by atoms with van der Waals surface area (Å²) in [7, 11) is 0. The average molecular weight is 704 g/mol. The fourth-order valence-electron chi connectivity index (χ4n) is 8.92. The first-order valence-electron chi connectivity index (χ1n) is 19.1. The standard InChI is InChI=1S/C53H37NO/c1-53(2)49-17-8-7-16-45(49)46-27-25-44(33-50(46)53)54(43-15-9-14-37(29-43)40-19-18-34-10-3-4-11-36(34)28-40)42-23-20-35(21-24-42)41-22-26-47-48-30-38-12-5-6-13-39(38)31-52(48)55-51(47)32-41/h3-33H,1-2H3. The Morgan fingerprint density at radius 2 is 0.964 bits per heavy atom. The minimum Gasteiger partial charge on any atom is -0.456 e. The van der Waals surface area contributed by atoms with Gasteiger partial charge in [0.15, 0.2) is 0 Å². The van der Waals surface area contributed by atoms with E-state index >= 15 is 0 Å². The number of anilines is 3. The number of rotatable bonds is 5. The van der Waals surface area contributed by atoms with Gasteiger partial charge < -0.3 is 9.32 Å². The first-order valence-corrected chi connectivity index (χ1v) is 19.1. The van der Waals surface area contributed by atoms with Crippen molar-refractivity contribution >= 4 is 60.5 Å². The van der Waals surface area contributed by atoms with Crippen LogP contribution in [-0.2, 0) is 5.41 Å². The van der Waals surface area contributed by atoms with Crippen LogP contribution in [0.1, 0.15) is 25.0 Å². The average Bonchev–Trinajstić information content (AvgIpc) is 3.70. The number of nitrogens with zero attached hydrogens (tertiary/aromatic N) is 1. The van der Waals surface area contributed by atoms with Crippen molar-refractivity contribution in [2.45, 2.75) is 19.3 Å². The fraction of sp³-hybridized carbons (Fsp3) is 0.0566. The Hall–Kier alpha value is -6.90. The predicted octanol–water partition coefficient (Wildman–Crippen LogP) is 15.0. The molecule has 0 N–H and O–H groups in total. The van der Waals surface area contributed by atoms with Crippen molar-refractivity contribution in [1.29, 1.82) is 0 Å². The summed E-state index contributed by atoms with van der Waals surface area (Å²) in [5, 5.41) is 7.19. The van der Waals surface area contributed by atoms with Crippen molar-refractivity contribution in [3.05, 3.63) is 199 Å². The van der Waals surface area contributed by atoms with Crippen molar-refractivity contribution in [2.75, 3.05) is 4.90 Å². The van der Waals surface area contributed by atoms with E-state index in [1.807, 2.05) is 0 Å². The molecule has 0 fully saturated rings. The lowest BCUT2D eigenvalue weighted by Gasteiger charge is -2.28. The van der Waals surface area contributed by atoms with E-state index in [9.17, 15) is 0 Å². The van der Waals surface area contributed by atoms with Gasteiger partial charge in [-0.1, -0.05) is 135 Å². The highest BCUT2D eigenvalue weighted by atomic mass is 16.3. The third-order valence-corrected chi connectivity index (χ3v) is 11.8. The van der Waals surface area contributed by atoms with Crippen LogP contribution in [0.15, 0.2) is 192 Å². The zero-order valence-corrected chi connectivity index (χ0v) is 30.8. The lowest BCUT2D eigenvalue weighted by molar-refractivity contribution is 0.660. The Kier molecular flexibility index (Phi) is 6.93. The predicted molar refractivity (Wildman–Crippen MR) is 232 cm³/mol. The van der Waals surface area contributed by atoms with Crippen molar-refractivity contribution in [1.82, 2.24) is 0 Å². The molecule has 0 spiro atoms. The van der Waals surface area contributed by atoms with Gasteiger partial charge in [0.05, 0.1) is 0 Å². The summed E-state index contributed by atoms with van der Waals surface area (Å²) in [6.45, 7) is 4.70. The quantitative estimate of drug-likeness (QED) is 0.177. The zero-order valence-electron chi connectivity index (χ0n) is 30.8. The normalized spacial score (nSPS) is 13.1. The van der Waals surface area contributed by atoms with Crippen LogP contribution in [0, 0.1) is 0 Å². The maximum absolute atomic E-state index is 6.44. The van der Waals surface area contributed by atoms with Crippen LogP contribution < -0.4 is 4.90 Å². The molecule has 11 rings (SSSR count). The molecule has 10 aromatic rings. The van der Waals surface area contributed by atoms with E-state index in [1.165, 1.54) is 54.9 Å². The summed E-state index contributed by atoms with van der Waals surface area (Å²) in [4.78, 5) is 2.40. The lowest BCUT2D eigenvalue weighted by Crippen LogP contribution is -2.16. The van der Waals surface area contributed by atoms with Crippen LogP contribution >= 0.6 is 0 Å². The fourth-order valence-corrected chi connectivity index (χ4v) is 8.92. The lowest BCUT2D eigenvalue weighted by atomic mass is 9.82. The Bertz CT molecular complexity index is 3130. The molecule has 9 aromatic carbocycles. The molecular weight excluding hydrogens is 667 g/mol. The first-order chi connectivity index (χ1) is 27.0. The molecule has 2 nitrogen and oxygen atoms in total. The molecule has 260 valence electrons. The van der Waals surface area contributed by atoms with Gasteiger partial charge >= 0.3 is 0 Å². The summed E-state index contributed by atoms with van der Waals surface area (Å²) in [5.41, 5.74) is 15.1. The molecule has 1 aliphatic carbocycles. The SMILES string of the molecule is CC1(C)c2ccccc2-c2ccc(N(c3ccc(-c4ccc5c(c4)oc4cc6ccccc6cc45)cc3)c3cccc(-c4ccc5ccccc5c4)c3)cc21. The van der Waals surface area contributed by atoms with Crippen LogP contribution in [0.4, 0.5) is 17.1 Å². The number of fused-ring (bicyclic) bond motifs is 8. The molecule has 0 radical (unpaired) electrons. The van der Waals surface area contributed by atoms with Gasteiger partial charge in [-0.15, -0.1) is 0 Å². The third kappa shape index (κ3) is 5.10. The molecular formula is C53H37NO. The van der Waals surface area contributed by atoms with Crippen molar-refractivity contribution in [3.8, 4) is 33.4 Å². The van der Waals surface area contributed by atoms with Gasteiger partial charge in [0.25, 0.3) is 0 Å². The summed E-state index contributed by atoms with van der Waals surface area (Å²) in [6.07, 6.45) is 0. The van der Waals surface area contributed by atoms with Crippen molar-refractivity contribution in [3.63, 3.8) is 0 Å². The first kappa shape index (κ1) is 31.6. The number of furan rings is 1. The molecule has 0 saturated carbocycles. The van der Waals surface area contributed by atoms with Crippen molar-refractivity contribution in [2.24, 2.45) is 0 Å². The van der Waals surface area contributed by atoms with Gasteiger partial charge in [-0.3, -0.25) is 0 Å². The second-order valence-corrected chi connectivity index (χ2v) is 15.4. The summed E-state index contributed by atoms with van der Waals surface area (Å²) >= 11 is 0. The molecule has 0 unspecified atom stereocenters. The molecule has 1 aliphatic rings. The Labute approximate surface area is 320 Å². The summed E-state index contributed by atoms with van der Waals surface area (Å²) in [6, 6.07) is 68.6. The van der Waals surface area contributed by atoms with E-state index in [1.54, 1.807) is 0 Å². The molecule has 0 saturated heterocycles. The maximum atomic E-state index is 6.44. The minimum atomic E-state index is -0.105. The topological polar surface area (TPSA) is 16.4 Å². The van der Waals surface area contributed by atoms with Crippen LogP contribution in [0.25, 0.3) is 76.9 Å². The van der Waals surface area contributed by atoms with Crippen LogP contribution in [0.5, 0.6) is 0 Å². The van der Waals surface area contributed by atoms with Gasteiger partial charge in [-0.05, 0) is 133 Å². The van der Waals surface area contributed by atoms with E-state index < -0.39 is 0 Å². The number of benzene rings is 9. The van der Waals surface area contributed by atoms with Crippen molar-refractivity contribution < 1.29 is 4.42 Å². The van der Waals surface area contributed by atoms with Gasteiger partial charge in [0.1, 0.15) is 11.2 Å². The number of hydrogen-bond acceptors (Lipinski definition) is 2. The zero-order chi connectivity index (χ0) is 36.7. The van der Waals surface area contributed by atoms with Gasteiger partial charge in [0.2, 0.25) is 0 Å². The molecule has 0 aliphatic heterocycles. The van der Waals surface area contributed by atoms with E-state index in [2.05, 4.69) is 207 Å². The number of hydrogen-bond donors (Lipinski definition) is 0. The molecule has 2 heteroatoms. The van der Waals surface area contributed by atoms with Crippen LogP contribution in [-0.4, -0.2) is 0 Å². The van der Waals surface area contributed by atoms with Crippen LogP contribution in [0.2, 0.25) is 0 Å². The Morgan fingerprint density at radius 1 is 0.364 bits per heavy atom. The molecule has 0 atom stereocenters. The van der Waals surface area contributed by atoms with Gasteiger partial charge in [-0.25, -0.2) is 0 Å². The molecule has 0 amide bonds. The highest BCUT2D eigenvalue weighted by Crippen LogP contribution is 2.51. The molecule has 55 heavy (non-hydrogen) atoms. The highest BCUT2D eigenvalue weighted by Gasteiger charge is 2.35. The molecule has 0 bridgehead atoms. The third-order valence-electron chi connectivity index (χ3n) is 11.8. The smallest absolute Gasteiger partial charge is 0.136 e. The van der Waals surface area contributed by atoms with E-state index in [-0.39, 0.29) is 5.41 Å². The summed E-state index contributed by atoms with van der Waals surface area (Å²) < 4.78 is 6.44. The minimum absolute atomic E-state index is 0.105. The molecule has 1 heterocycles. The van der Waals surface area contributed by atoms with E-state index in [4.69, 9.17) is 4.42 Å². The largest absolute Gasteiger partial charge is 0.456 e. The second-order valence-electron chi connectivity index (χ2n) is 15.4. The summed E-state index contributed by atoms with van der Waals surface area (Å²) in [5.74, 6) is 0. The van der Waals surface area contributed by atoms with E-state index in [0.717, 1.165) is 50.1 Å². The monoisotopic (exact) mass is 703 g/mol. The Morgan fingerprint density at radius 3 is 1.80 bits per heavy atom. The highest BCUT2D eigenvalue weighted by molar-refractivity contribution is 6.10. The molecule has 1 aromatic heterocycles. The second kappa shape index (κ2) is 12.1. The van der Waals surface area contributed by atoms with Gasteiger partial charge in [-0.2, -0.15) is 0 Å². The maximum Gasteiger partial charge on any atom is 0.136 e. The van der Waals surface area contributed by atoms with Gasteiger partial charge in [0, 0.05) is 33.2 Å². The van der Waals surface area contributed by atoms with Crippen LogP contribution in [0.3, 0.4) is 0 Å². The Balaban J connectivity index is 1.02.